The number of anilines is 1. The van der Waals surface area contributed by atoms with E-state index < -0.39 is 5.97 Å². The highest BCUT2D eigenvalue weighted by Gasteiger charge is 2.25. The summed E-state index contributed by atoms with van der Waals surface area (Å²) in [6, 6.07) is 6.24. The van der Waals surface area contributed by atoms with Crippen LogP contribution in [0.15, 0.2) is 24.3 Å². The summed E-state index contributed by atoms with van der Waals surface area (Å²) >= 11 is 0. The van der Waals surface area contributed by atoms with Crippen LogP contribution in [-0.4, -0.2) is 36.7 Å². The Balaban J connectivity index is 2.07. The molecule has 5 heteroatoms. The van der Waals surface area contributed by atoms with E-state index in [-0.39, 0.29) is 17.6 Å². The topological polar surface area (TPSA) is 66.8 Å². The van der Waals surface area contributed by atoms with Gasteiger partial charge in [0.25, 0.3) is 5.91 Å². The Morgan fingerprint density at radius 3 is 2.47 bits per heavy atom. The zero-order valence-corrected chi connectivity index (χ0v) is 10.8. The molecule has 1 unspecified atom stereocenters. The molecule has 0 radical (unpaired) electrons. The maximum Gasteiger partial charge on any atom is 0.335 e. The summed E-state index contributed by atoms with van der Waals surface area (Å²) in [5.74, 6) is -1.06. The molecule has 1 heterocycles. The number of benzene rings is 1. The maximum atomic E-state index is 12.2. The van der Waals surface area contributed by atoms with Crippen LogP contribution >= 0.6 is 0 Å². The smallest absolute Gasteiger partial charge is 0.335 e. The molecular weight excluding hydrogens is 246 g/mol. The molecule has 0 aliphatic carbocycles. The van der Waals surface area contributed by atoms with Crippen LogP contribution in [0.5, 0.6) is 0 Å². The average molecular weight is 263 g/mol. The number of carboxylic acid groups (broad SMARTS) is 1. The Morgan fingerprint density at radius 1 is 1.26 bits per heavy atom. The molecule has 5 nitrogen and oxygen atoms in total. The summed E-state index contributed by atoms with van der Waals surface area (Å²) in [5.41, 5.74) is 0.877. The number of carbonyl (C=O) groups is 2. The van der Waals surface area contributed by atoms with E-state index in [9.17, 15) is 9.59 Å². The largest absolute Gasteiger partial charge is 0.478 e. The summed E-state index contributed by atoms with van der Waals surface area (Å²) in [7, 11) is 1.68. The van der Waals surface area contributed by atoms with Gasteiger partial charge >= 0.3 is 5.97 Å². The van der Waals surface area contributed by atoms with Gasteiger partial charge in [0.15, 0.2) is 0 Å². The van der Waals surface area contributed by atoms with E-state index in [1.54, 1.807) is 19.2 Å². The molecule has 1 saturated heterocycles. The van der Waals surface area contributed by atoms with E-state index in [1.807, 2.05) is 0 Å². The number of hydrogen-bond donors (Lipinski definition) is 1. The molecule has 0 bridgehead atoms. The van der Waals surface area contributed by atoms with Crippen molar-refractivity contribution in [2.75, 3.05) is 18.6 Å². The Labute approximate surface area is 111 Å². The highest BCUT2D eigenvalue weighted by atomic mass is 16.5. The molecule has 0 saturated carbocycles. The third-order valence-electron chi connectivity index (χ3n) is 3.29. The molecule has 102 valence electrons. The van der Waals surface area contributed by atoms with E-state index in [4.69, 9.17) is 9.84 Å². The quantitative estimate of drug-likeness (QED) is 0.904. The third-order valence-corrected chi connectivity index (χ3v) is 3.29. The molecule has 19 heavy (non-hydrogen) atoms. The van der Waals surface area contributed by atoms with Crippen molar-refractivity contribution in [3.63, 3.8) is 0 Å². The summed E-state index contributed by atoms with van der Waals surface area (Å²) in [4.78, 5) is 24.5. The number of carboxylic acids is 1. The van der Waals surface area contributed by atoms with E-state index in [0.29, 0.717) is 12.3 Å². The van der Waals surface area contributed by atoms with Gasteiger partial charge in [-0.3, -0.25) is 4.79 Å². The number of hydrogen-bond acceptors (Lipinski definition) is 3. The number of likely N-dealkylation sites (N-methyl/N-ethyl adjacent to an activating group) is 1. The van der Waals surface area contributed by atoms with Crippen LogP contribution < -0.4 is 4.90 Å². The second-order valence-electron chi connectivity index (χ2n) is 4.60. The van der Waals surface area contributed by atoms with Gasteiger partial charge < -0.3 is 14.7 Å². The minimum Gasteiger partial charge on any atom is -0.478 e. The SMILES string of the molecule is CN(C(=O)C1CCCCO1)c1ccc(C(=O)O)cc1. The predicted octanol–water partition coefficient (Wildman–Crippen LogP) is 1.92. The minimum atomic E-state index is -0.976. The van der Waals surface area contributed by atoms with Crippen LogP contribution in [0.3, 0.4) is 0 Å². The van der Waals surface area contributed by atoms with Gasteiger partial charge in [-0.05, 0) is 43.5 Å². The number of rotatable bonds is 3. The van der Waals surface area contributed by atoms with Crippen molar-refractivity contribution in [2.24, 2.45) is 0 Å². The Morgan fingerprint density at radius 2 is 1.95 bits per heavy atom. The predicted molar refractivity (Wildman–Crippen MR) is 70.4 cm³/mol. The monoisotopic (exact) mass is 263 g/mol. The number of nitrogens with zero attached hydrogens (tertiary/aromatic N) is 1. The fraction of sp³-hybridized carbons (Fsp3) is 0.429. The van der Waals surface area contributed by atoms with Crippen molar-refractivity contribution in [2.45, 2.75) is 25.4 Å². The lowest BCUT2D eigenvalue weighted by molar-refractivity contribution is -0.132. The fourth-order valence-corrected chi connectivity index (χ4v) is 2.11. The van der Waals surface area contributed by atoms with Crippen LogP contribution in [0, 0.1) is 0 Å². The maximum absolute atomic E-state index is 12.2. The van der Waals surface area contributed by atoms with Gasteiger partial charge in [0.05, 0.1) is 5.56 Å². The highest BCUT2D eigenvalue weighted by Crippen LogP contribution is 2.19. The first-order valence-electron chi connectivity index (χ1n) is 6.32. The number of carbonyl (C=O) groups excluding carboxylic acids is 1. The second-order valence-corrected chi connectivity index (χ2v) is 4.60. The standard InChI is InChI=1S/C14H17NO4/c1-15(13(16)12-4-2-3-9-19-12)11-7-5-10(6-8-11)14(17)18/h5-8,12H,2-4,9H2,1H3,(H,17,18). The molecule has 0 spiro atoms. The van der Waals surface area contributed by atoms with Gasteiger partial charge in [0.1, 0.15) is 6.10 Å². The summed E-state index contributed by atoms with van der Waals surface area (Å²) < 4.78 is 5.46. The van der Waals surface area contributed by atoms with Gasteiger partial charge in [-0.15, -0.1) is 0 Å². The molecule has 1 aliphatic rings. The van der Waals surface area contributed by atoms with Crippen molar-refractivity contribution >= 4 is 17.6 Å². The lowest BCUT2D eigenvalue weighted by Gasteiger charge is -2.26. The number of amides is 1. The molecule has 2 rings (SSSR count). The first-order valence-corrected chi connectivity index (χ1v) is 6.32. The van der Waals surface area contributed by atoms with Crippen LogP contribution in [0.1, 0.15) is 29.6 Å². The van der Waals surface area contributed by atoms with Crippen LogP contribution in [0.4, 0.5) is 5.69 Å². The Hall–Kier alpha value is -1.88. The Kier molecular flexibility index (Phi) is 4.16. The molecule has 1 atom stereocenters. The Bertz CT molecular complexity index is 463. The van der Waals surface area contributed by atoms with E-state index in [0.717, 1.165) is 19.3 Å². The van der Waals surface area contributed by atoms with Crippen molar-refractivity contribution in [1.29, 1.82) is 0 Å². The zero-order chi connectivity index (χ0) is 13.8. The normalized spacial score (nSPS) is 18.9. The first-order chi connectivity index (χ1) is 9.09. The number of ether oxygens (including phenoxy) is 1. The fourth-order valence-electron chi connectivity index (χ4n) is 2.11. The van der Waals surface area contributed by atoms with E-state index in [1.165, 1.54) is 17.0 Å². The molecule has 1 aliphatic heterocycles. The summed E-state index contributed by atoms with van der Waals surface area (Å²) in [6.45, 7) is 0.627. The molecule has 1 aromatic carbocycles. The molecular formula is C14H17NO4. The average Bonchev–Trinajstić information content (AvgIpc) is 2.46. The molecule has 0 aromatic heterocycles. The van der Waals surface area contributed by atoms with Crippen molar-refractivity contribution < 1.29 is 19.4 Å². The molecule has 1 aromatic rings. The first kappa shape index (κ1) is 13.5. The second kappa shape index (κ2) is 5.84. The van der Waals surface area contributed by atoms with Crippen LogP contribution in [-0.2, 0) is 9.53 Å². The molecule has 1 amide bonds. The number of aromatic carboxylic acids is 1. The minimum absolute atomic E-state index is 0.0808. The zero-order valence-electron chi connectivity index (χ0n) is 10.8. The van der Waals surface area contributed by atoms with Crippen LogP contribution in [0.2, 0.25) is 0 Å². The van der Waals surface area contributed by atoms with Crippen molar-refractivity contribution in [3.8, 4) is 0 Å². The van der Waals surface area contributed by atoms with Crippen LogP contribution in [0.25, 0.3) is 0 Å². The highest BCUT2D eigenvalue weighted by molar-refractivity contribution is 5.96. The van der Waals surface area contributed by atoms with E-state index >= 15 is 0 Å². The van der Waals surface area contributed by atoms with Gasteiger partial charge in [0.2, 0.25) is 0 Å². The van der Waals surface area contributed by atoms with Crippen molar-refractivity contribution in [3.05, 3.63) is 29.8 Å². The molecule has 1 fully saturated rings. The van der Waals surface area contributed by atoms with Crippen molar-refractivity contribution in [1.82, 2.24) is 0 Å². The van der Waals surface area contributed by atoms with Gasteiger partial charge in [-0.2, -0.15) is 0 Å². The van der Waals surface area contributed by atoms with Gasteiger partial charge in [0, 0.05) is 19.3 Å². The summed E-state index contributed by atoms with van der Waals surface area (Å²) in [5, 5.41) is 8.83. The summed E-state index contributed by atoms with van der Waals surface area (Å²) in [6.07, 6.45) is 2.37. The lowest BCUT2D eigenvalue weighted by Crippen LogP contribution is -2.39. The lowest BCUT2D eigenvalue weighted by atomic mass is 10.1. The van der Waals surface area contributed by atoms with E-state index in [2.05, 4.69) is 0 Å². The third kappa shape index (κ3) is 3.12. The van der Waals surface area contributed by atoms with Gasteiger partial charge in [-0.25, -0.2) is 4.79 Å². The van der Waals surface area contributed by atoms with Gasteiger partial charge in [-0.1, -0.05) is 0 Å². The molecule has 1 N–H and O–H groups in total.